The van der Waals surface area contributed by atoms with Gasteiger partial charge >= 0.3 is 0 Å². The highest BCUT2D eigenvalue weighted by Crippen LogP contribution is 2.42. The van der Waals surface area contributed by atoms with Crippen LogP contribution in [0.4, 0.5) is 0 Å². The first kappa shape index (κ1) is 28.6. The maximum atomic E-state index is 13.8. The number of carbonyl (C=O) groups is 2. The number of amides is 2. The molecule has 2 bridgehead atoms. The zero-order valence-electron chi connectivity index (χ0n) is 27.0. The lowest BCUT2D eigenvalue weighted by Gasteiger charge is -2.43. The molecule has 2 aliphatic carbocycles. The SMILES string of the molecule is COc1cc(C(=O)N2C[C@H]3CC[C@@H]2[C@@H]3N)cc2nc(-c3cc4cccc(C5CN(C(=O)C(C)(C)C)C5)c4n3CC3CC3)n(C)c12. The highest BCUT2D eigenvalue weighted by atomic mass is 16.5. The molecular formula is C36H44N6O3. The molecule has 8 rings (SSSR count). The number of aromatic nitrogens is 3. The summed E-state index contributed by atoms with van der Waals surface area (Å²) >= 11 is 0. The van der Waals surface area contributed by atoms with E-state index < -0.39 is 0 Å². The van der Waals surface area contributed by atoms with E-state index in [1.54, 1.807) is 7.11 Å². The van der Waals surface area contributed by atoms with Crippen LogP contribution in [-0.4, -0.2) is 74.6 Å². The monoisotopic (exact) mass is 608 g/mol. The van der Waals surface area contributed by atoms with Crippen molar-refractivity contribution in [2.24, 2.45) is 30.0 Å². The highest BCUT2D eigenvalue weighted by molar-refractivity contribution is 6.00. The molecule has 0 spiro atoms. The number of ether oxygens (including phenoxy) is 1. The Kier molecular flexibility index (Phi) is 6.41. The average molecular weight is 609 g/mol. The molecule has 0 radical (unpaired) electrons. The van der Waals surface area contributed by atoms with Crippen molar-refractivity contribution in [3.05, 3.63) is 47.5 Å². The van der Waals surface area contributed by atoms with E-state index in [1.165, 1.54) is 29.3 Å². The van der Waals surface area contributed by atoms with Crippen LogP contribution in [0.2, 0.25) is 0 Å². The summed E-state index contributed by atoms with van der Waals surface area (Å²) in [6.07, 6.45) is 4.56. The van der Waals surface area contributed by atoms with E-state index in [0.29, 0.717) is 29.1 Å². The molecule has 2 aromatic heterocycles. The van der Waals surface area contributed by atoms with Gasteiger partial charge in [0.2, 0.25) is 5.91 Å². The third-order valence-corrected chi connectivity index (χ3v) is 10.9. The van der Waals surface area contributed by atoms with E-state index in [9.17, 15) is 9.59 Å². The molecule has 2 saturated heterocycles. The third-order valence-electron chi connectivity index (χ3n) is 10.9. The number of likely N-dealkylation sites (tertiary alicyclic amines) is 2. The molecule has 4 heterocycles. The number of fused-ring (bicyclic) bond motifs is 4. The topological polar surface area (TPSA) is 98.6 Å². The van der Waals surface area contributed by atoms with Gasteiger partial charge in [-0.15, -0.1) is 0 Å². The zero-order valence-corrected chi connectivity index (χ0v) is 27.0. The van der Waals surface area contributed by atoms with Crippen LogP contribution >= 0.6 is 0 Å². The molecule has 4 aliphatic rings. The lowest BCUT2D eigenvalue weighted by Crippen LogP contribution is -2.52. The largest absolute Gasteiger partial charge is 0.494 e. The van der Waals surface area contributed by atoms with Crippen LogP contribution in [-0.2, 0) is 18.4 Å². The first-order valence-electron chi connectivity index (χ1n) is 16.6. The van der Waals surface area contributed by atoms with Crippen LogP contribution < -0.4 is 10.5 Å². The van der Waals surface area contributed by atoms with Gasteiger partial charge in [-0.05, 0) is 61.3 Å². The Morgan fingerprint density at radius 1 is 1.02 bits per heavy atom. The van der Waals surface area contributed by atoms with Crippen molar-refractivity contribution in [2.75, 3.05) is 26.7 Å². The number of hydrogen-bond donors (Lipinski definition) is 1. The number of imidazole rings is 1. The van der Waals surface area contributed by atoms with Gasteiger partial charge in [0.25, 0.3) is 5.91 Å². The Balaban J connectivity index is 1.20. The van der Waals surface area contributed by atoms with Gasteiger partial charge in [-0.1, -0.05) is 39.0 Å². The number of carbonyl (C=O) groups excluding carboxylic acids is 2. The van der Waals surface area contributed by atoms with Crippen LogP contribution in [0.1, 0.15) is 68.3 Å². The summed E-state index contributed by atoms with van der Waals surface area (Å²) in [4.78, 5) is 35.8. The summed E-state index contributed by atoms with van der Waals surface area (Å²) in [6, 6.07) is 12.8. The molecule has 2 amide bonds. The molecule has 4 aromatic rings. The van der Waals surface area contributed by atoms with Gasteiger partial charge in [0.15, 0.2) is 5.82 Å². The van der Waals surface area contributed by atoms with E-state index in [2.05, 4.69) is 33.4 Å². The highest BCUT2D eigenvalue weighted by Gasteiger charge is 2.47. The minimum atomic E-state index is -0.372. The van der Waals surface area contributed by atoms with E-state index in [1.807, 2.05) is 49.8 Å². The Bertz CT molecular complexity index is 1850. The number of nitrogens with zero attached hydrogens (tertiary/aromatic N) is 5. The third kappa shape index (κ3) is 4.48. The number of para-hydroxylation sites is 1. The van der Waals surface area contributed by atoms with Crippen molar-refractivity contribution in [2.45, 2.75) is 71.0 Å². The Morgan fingerprint density at radius 2 is 1.80 bits per heavy atom. The van der Waals surface area contributed by atoms with Crippen molar-refractivity contribution in [1.29, 1.82) is 0 Å². The molecule has 3 atom stereocenters. The molecule has 2 saturated carbocycles. The molecule has 0 unspecified atom stereocenters. The lowest BCUT2D eigenvalue weighted by molar-refractivity contribution is -0.144. The van der Waals surface area contributed by atoms with Gasteiger partial charge in [0, 0.05) is 67.6 Å². The smallest absolute Gasteiger partial charge is 0.254 e. The normalized spacial score (nSPS) is 23.4. The molecule has 236 valence electrons. The quantitative estimate of drug-likeness (QED) is 0.327. The first-order chi connectivity index (χ1) is 21.5. The summed E-state index contributed by atoms with van der Waals surface area (Å²) in [5.41, 5.74) is 11.9. The summed E-state index contributed by atoms with van der Waals surface area (Å²) in [6.45, 7) is 9.15. The van der Waals surface area contributed by atoms with Gasteiger partial charge in [0.05, 0.1) is 23.8 Å². The summed E-state index contributed by atoms with van der Waals surface area (Å²) in [7, 11) is 3.70. The van der Waals surface area contributed by atoms with Crippen molar-refractivity contribution < 1.29 is 14.3 Å². The Labute approximate surface area is 264 Å². The van der Waals surface area contributed by atoms with Crippen LogP contribution in [0, 0.1) is 17.3 Å². The second-order valence-electron chi connectivity index (χ2n) is 15.0. The van der Waals surface area contributed by atoms with Crippen LogP contribution in [0.3, 0.4) is 0 Å². The minimum absolute atomic E-state index is 0.0111. The van der Waals surface area contributed by atoms with Gasteiger partial charge < -0.3 is 29.4 Å². The summed E-state index contributed by atoms with van der Waals surface area (Å²) in [5, 5.41) is 1.19. The second-order valence-corrected chi connectivity index (χ2v) is 15.0. The number of nitrogens with two attached hydrogens (primary N) is 1. The number of hydrogen-bond acceptors (Lipinski definition) is 5. The van der Waals surface area contributed by atoms with Gasteiger partial charge in [-0.2, -0.15) is 0 Å². The molecule has 9 nitrogen and oxygen atoms in total. The average Bonchev–Trinajstić information content (AvgIpc) is 3.37. The van der Waals surface area contributed by atoms with Gasteiger partial charge in [0.1, 0.15) is 11.3 Å². The predicted octanol–water partition coefficient (Wildman–Crippen LogP) is 5.15. The zero-order chi connectivity index (χ0) is 31.4. The lowest BCUT2D eigenvalue weighted by atomic mass is 9.86. The van der Waals surface area contributed by atoms with Crippen LogP contribution in [0.25, 0.3) is 33.5 Å². The van der Waals surface area contributed by atoms with E-state index >= 15 is 0 Å². The van der Waals surface area contributed by atoms with Gasteiger partial charge in [-0.25, -0.2) is 4.98 Å². The summed E-state index contributed by atoms with van der Waals surface area (Å²) in [5.74, 6) is 3.09. The van der Waals surface area contributed by atoms with Crippen molar-refractivity contribution >= 4 is 33.8 Å². The van der Waals surface area contributed by atoms with E-state index in [0.717, 1.165) is 61.6 Å². The molecule has 9 heteroatoms. The molecular weight excluding hydrogens is 564 g/mol. The molecule has 2 aromatic carbocycles. The predicted molar refractivity (Wildman–Crippen MR) is 175 cm³/mol. The summed E-state index contributed by atoms with van der Waals surface area (Å²) < 4.78 is 10.5. The Morgan fingerprint density at radius 3 is 2.44 bits per heavy atom. The fourth-order valence-electron chi connectivity index (χ4n) is 8.20. The second kappa shape index (κ2) is 10.1. The van der Waals surface area contributed by atoms with Crippen molar-refractivity contribution in [1.82, 2.24) is 23.9 Å². The fourth-order valence-corrected chi connectivity index (χ4v) is 8.20. The van der Waals surface area contributed by atoms with E-state index in [-0.39, 0.29) is 29.3 Å². The number of rotatable bonds is 6. The Hall–Kier alpha value is -3.85. The number of benzene rings is 2. The fraction of sp³-hybridized carbons (Fsp3) is 0.528. The molecule has 45 heavy (non-hydrogen) atoms. The maximum absolute atomic E-state index is 13.8. The number of aryl methyl sites for hydroxylation is 1. The van der Waals surface area contributed by atoms with Crippen LogP contribution in [0.5, 0.6) is 5.75 Å². The molecule has 4 fully saturated rings. The van der Waals surface area contributed by atoms with E-state index in [4.69, 9.17) is 15.5 Å². The first-order valence-corrected chi connectivity index (χ1v) is 16.6. The molecule has 2 N–H and O–H groups in total. The number of piperidine rings is 1. The van der Waals surface area contributed by atoms with Crippen molar-refractivity contribution in [3.63, 3.8) is 0 Å². The van der Waals surface area contributed by atoms with Crippen molar-refractivity contribution in [3.8, 4) is 17.3 Å². The standard InChI is InChI=1S/C36H44N6O3/c1-36(2,3)35(44)40-17-24(18-40)25-8-6-7-21-14-28(41(31(21)25)16-20-9-10-20)33-38-26-13-23(15-29(45-5)32(26)39(33)4)34(43)42-19-22-11-12-27(42)30(22)37/h6-8,13-15,20,22,24,27,30H,9-12,16-19,37H2,1-5H3/t22-,27-,30-/m1/s1. The minimum Gasteiger partial charge on any atom is -0.494 e. The van der Waals surface area contributed by atoms with Gasteiger partial charge in [-0.3, -0.25) is 9.59 Å². The number of methoxy groups -OCH3 is 1. The maximum Gasteiger partial charge on any atom is 0.254 e. The molecule has 2 aliphatic heterocycles. The van der Waals surface area contributed by atoms with Crippen LogP contribution in [0.15, 0.2) is 36.4 Å².